The first-order valence-electron chi connectivity index (χ1n) is 7.83. The minimum Gasteiger partial charge on any atom is -0.387 e. The SMILES string of the molecule is CN(C)C1CCCN(C2CCc3ccccc3C2O)C1. The molecule has 1 heterocycles. The predicted octanol–water partition coefficient (Wildman–Crippen LogP) is 2.06. The van der Waals surface area contributed by atoms with E-state index < -0.39 is 0 Å². The summed E-state index contributed by atoms with van der Waals surface area (Å²) < 4.78 is 0. The van der Waals surface area contributed by atoms with Gasteiger partial charge in [-0.1, -0.05) is 24.3 Å². The summed E-state index contributed by atoms with van der Waals surface area (Å²) in [5.74, 6) is 0. The van der Waals surface area contributed by atoms with Gasteiger partial charge in [-0.3, -0.25) is 4.90 Å². The van der Waals surface area contributed by atoms with Gasteiger partial charge in [-0.25, -0.2) is 0 Å². The van der Waals surface area contributed by atoms with Crippen LogP contribution in [0.2, 0.25) is 0 Å². The Balaban J connectivity index is 1.75. The van der Waals surface area contributed by atoms with Crippen molar-refractivity contribution in [3.05, 3.63) is 35.4 Å². The minimum absolute atomic E-state index is 0.299. The van der Waals surface area contributed by atoms with E-state index >= 15 is 0 Å². The fourth-order valence-corrected chi connectivity index (χ4v) is 3.81. The average Bonchev–Trinajstić information content (AvgIpc) is 2.48. The number of nitrogens with zero attached hydrogens (tertiary/aromatic N) is 2. The summed E-state index contributed by atoms with van der Waals surface area (Å²) in [5, 5.41) is 10.7. The van der Waals surface area contributed by atoms with Crippen LogP contribution in [-0.2, 0) is 6.42 Å². The predicted molar refractivity (Wildman–Crippen MR) is 81.8 cm³/mol. The molecule has 0 bridgehead atoms. The van der Waals surface area contributed by atoms with Crippen molar-refractivity contribution < 1.29 is 5.11 Å². The number of rotatable bonds is 2. The van der Waals surface area contributed by atoms with Crippen LogP contribution in [0.1, 0.15) is 36.5 Å². The first kappa shape index (κ1) is 14.1. The lowest BCUT2D eigenvalue weighted by Gasteiger charge is -2.44. The monoisotopic (exact) mass is 274 g/mol. The quantitative estimate of drug-likeness (QED) is 0.894. The van der Waals surface area contributed by atoms with Crippen LogP contribution >= 0.6 is 0 Å². The molecule has 1 saturated heterocycles. The van der Waals surface area contributed by atoms with Crippen molar-refractivity contribution in [3.8, 4) is 0 Å². The van der Waals surface area contributed by atoms with Crippen LogP contribution in [0.3, 0.4) is 0 Å². The van der Waals surface area contributed by atoms with Crippen molar-refractivity contribution in [2.75, 3.05) is 27.2 Å². The van der Waals surface area contributed by atoms with Gasteiger partial charge in [-0.05, 0) is 57.5 Å². The van der Waals surface area contributed by atoms with Gasteiger partial charge >= 0.3 is 0 Å². The van der Waals surface area contributed by atoms with Gasteiger partial charge in [-0.2, -0.15) is 0 Å². The number of aliphatic hydroxyl groups excluding tert-OH is 1. The molecule has 1 aliphatic carbocycles. The highest BCUT2D eigenvalue weighted by Gasteiger charge is 2.34. The second-order valence-corrected chi connectivity index (χ2v) is 6.50. The molecule has 3 unspecified atom stereocenters. The second kappa shape index (κ2) is 5.84. The lowest BCUT2D eigenvalue weighted by molar-refractivity contribution is 0.00745. The van der Waals surface area contributed by atoms with Crippen LogP contribution in [-0.4, -0.2) is 54.2 Å². The lowest BCUT2D eigenvalue weighted by atomic mass is 9.84. The van der Waals surface area contributed by atoms with E-state index in [1.165, 1.54) is 18.4 Å². The minimum atomic E-state index is -0.319. The Morgan fingerprint density at radius 1 is 1.20 bits per heavy atom. The highest BCUT2D eigenvalue weighted by atomic mass is 16.3. The molecule has 1 aliphatic heterocycles. The van der Waals surface area contributed by atoms with Crippen LogP contribution in [0, 0.1) is 0 Å². The van der Waals surface area contributed by atoms with E-state index in [2.05, 4.69) is 42.1 Å². The van der Waals surface area contributed by atoms with E-state index in [1.807, 2.05) is 6.07 Å². The molecule has 1 N–H and O–H groups in total. The number of aryl methyl sites for hydroxylation is 1. The van der Waals surface area contributed by atoms with Gasteiger partial charge in [0.15, 0.2) is 0 Å². The molecular weight excluding hydrogens is 248 g/mol. The number of piperidine rings is 1. The summed E-state index contributed by atoms with van der Waals surface area (Å²) in [6.07, 6.45) is 4.39. The van der Waals surface area contributed by atoms with Crippen LogP contribution in [0.5, 0.6) is 0 Å². The molecule has 3 nitrogen and oxygen atoms in total. The van der Waals surface area contributed by atoms with E-state index in [4.69, 9.17) is 0 Å². The number of likely N-dealkylation sites (N-methyl/N-ethyl adjacent to an activating group) is 1. The molecule has 0 spiro atoms. The van der Waals surface area contributed by atoms with Gasteiger partial charge < -0.3 is 10.0 Å². The van der Waals surface area contributed by atoms with Gasteiger partial charge in [0.25, 0.3) is 0 Å². The van der Waals surface area contributed by atoms with Crippen LogP contribution < -0.4 is 0 Å². The Morgan fingerprint density at radius 3 is 2.80 bits per heavy atom. The highest BCUT2D eigenvalue weighted by molar-refractivity contribution is 5.32. The van der Waals surface area contributed by atoms with Crippen molar-refractivity contribution in [1.82, 2.24) is 9.80 Å². The topological polar surface area (TPSA) is 26.7 Å². The van der Waals surface area contributed by atoms with Crippen LogP contribution in [0.4, 0.5) is 0 Å². The molecule has 3 rings (SSSR count). The summed E-state index contributed by atoms with van der Waals surface area (Å²) in [5.41, 5.74) is 2.48. The third kappa shape index (κ3) is 2.62. The summed E-state index contributed by atoms with van der Waals surface area (Å²) >= 11 is 0. The Kier molecular flexibility index (Phi) is 4.11. The van der Waals surface area contributed by atoms with Crippen molar-refractivity contribution >= 4 is 0 Å². The maximum Gasteiger partial charge on any atom is 0.0947 e. The molecule has 110 valence electrons. The summed E-state index contributed by atoms with van der Waals surface area (Å²) in [4.78, 5) is 4.85. The molecule has 1 aromatic rings. The first-order chi connectivity index (χ1) is 9.66. The van der Waals surface area contributed by atoms with E-state index in [9.17, 15) is 5.11 Å². The van der Waals surface area contributed by atoms with Gasteiger partial charge in [0, 0.05) is 18.6 Å². The van der Waals surface area contributed by atoms with E-state index in [0.29, 0.717) is 12.1 Å². The zero-order valence-corrected chi connectivity index (χ0v) is 12.6. The fraction of sp³-hybridized carbons (Fsp3) is 0.647. The fourth-order valence-electron chi connectivity index (χ4n) is 3.81. The van der Waals surface area contributed by atoms with E-state index in [1.54, 1.807) is 0 Å². The summed E-state index contributed by atoms with van der Waals surface area (Å²) in [6.45, 7) is 2.23. The molecule has 3 heteroatoms. The second-order valence-electron chi connectivity index (χ2n) is 6.50. The molecule has 0 saturated carbocycles. The molecule has 2 aliphatic rings. The Morgan fingerprint density at radius 2 is 2.00 bits per heavy atom. The third-order valence-electron chi connectivity index (χ3n) is 5.07. The maximum atomic E-state index is 10.7. The highest BCUT2D eigenvalue weighted by Crippen LogP contribution is 2.34. The number of hydrogen-bond acceptors (Lipinski definition) is 3. The molecule has 1 aromatic carbocycles. The smallest absolute Gasteiger partial charge is 0.0947 e. The number of fused-ring (bicyclic) bond motifs is 1. The van der Waals surface area contributed by atoms with Crippen LogP contribution in [0.15, 0.2) is 24.3 Å². The molecule has 0 amide bonds. The largest absolute Gasteiger partial charge is 0.387 e. The van der Waals surface area contributed by atoms with Crippen LogP contribution in [0.25, 0.3) is 0 Å². The number of hydrogen-bond donors (Lipinski definition) is 1. The maximum absolute atomic E-state index is 10.7. The molecule has 3 atom stereocenters. The molecule has 20 heavy (non-hydrogen) atoms. The molecule has 0 radical (unpaired) electrons. The number of aliphatic hydroxyl groups is 1. The first-order valence-corrected chi connectivity index (χ1v) is 7.83. The van der Waals surface area contributed by atoms with E-state index in [-0.39, 0.29) is 6.10 Å². The van der Waals surface area contributed by atoms with Crippen molar-refractivity contribution in [1.29, 1.82) is 0 Å². The van der Waals surface area contributed by atoms with Gasteiger partial charge in [0.1, 0.15) is 0 Å². The van der Waals surface area contributed by atoms with Crippen molar-refractivity contribution in [2.24, 2.45) is 0 Å². The average molecular weight is 274 g/mol. The Bertz CT molecular complexity index is 460. The van der Waals surface area contributed by atoms with Gasteiger partial charge in [0.2, 0.25) is 0 Å². The van der Waals surface area contributed by atoms with Gasteiger partial charge in [0.05, 0.1) is 6.10 Å². The molecule has 0 aromatic heterocycles. The summed E-state index contributed by atoms with van der Waals surface area (Å²) in [6, 6.07) is 9.31. The van der Waals surface area contributed by atoms with Crippen molar-refractivity contribution in [2.45, 2.75) is 43.9 Å². The van der Waals surface area contributed by atoms with E-state index in [0.717, 1.165) is 31.5 Å². The Labute approximate surface area is 122 Å². The molecule has 1 fully saturated rings. The number of likely N-dealkylation sites (tertiary alicyclic amines) is 1. The van der Waals surface area contributed by atoms with Gasteiger partial charge in [-0.15, -0.1) is 0 Å². The zero-order valence-electron chi connectivity index (χ0n) is 12.6. The van der Waals surface area contributed by atoms with Crippen molar-refractivity contribution in [3.63, 3.8) is 0 Å². The number of benzene rings is 1. The third-order valence-corrected chi connectivity index (χ3v) is 5.07. The Hall–Kier alpha value is -0.900. The standard InChI is InChI=1S/C17H26N2O/c1-18(2)14-7-5-11-19(12-14)16-10-9-13-6-3-4-8-15(13)17(16)20/h3-4,6,8,14,16-17,20H,5,7,9-12H2,1-2H3. The summed E-state index contributed by atoms with van der Waals surface area (Å²) in [7, 11) is 4.33. The normalized spacial score (nSPS) is 31.3. The lowest BCUT2D eigenvalue weighted by Crippen LogP contribution is -2.51. The zero-order chi connectivity index (χ0) is 14.1. The molecular formula is C17H26N2O.